The molecule has 0 aromatic heterocycles. The van der Waals surface area contributed by atoms with Gasteiger partial charge in [0.25, 0.3) is 0 Å². The molecule has 0 aromatic carbocycles. The van der Waals surface area contributed by atoms with Gasteiger partial charge in [0.2, 0.25) is 5.91 Å². The lowest BCUT2D eigenvalue weighted by atomic mass is 10.2. The Morgan fingerprint density at radius 3 is 2.33 bits per heavy atom. The molecule has 0 radical (unpaired) electrons. The van der Waals surface area contributed by atoms with E-state index in [2.05, 4.69) is 0 Å². The second-order valence-corrected chi connectivity index (χ2v) is 5.83. The zero-order valence-electron chi connectivity index (χ0n) is 7.29. The summed E-state index contributed by atoms with van der Waals surface area (Å²) < 4.78 is 58.5. The molecule has 0 bridgehead atoms. The van der Waals surface area contributed by atoms with Crippen molar-refractivity contribution in [3.05, 3.63) is 0 Å². The van der Waals surface area contributed by atoms with Gasteiger partial charge in [0.05, 0.1) is 0 Å². The van der Waals surface area contributed by atoms with E-state index >= 15 is 0 Å². The lowest BCUT2D eigenvalue weighted by Gasteiger charge is -2.18. The largest absolute Gasteiger partial charge is 0.516 e. The van der Waals surface area contributed by atoms with Crippen LogP contribution in [0.15, 0.2) is 0 Å². The molecule has 0 N–H and O–H groups in total. The zero-order chi connectivity index (χ0) is 11.9. The van der Waals surface area contributed by atoms with Crippen molar-refractivity contribution >= 4 is 38.5 Å². The molecule has 0 aliphatic carbocycles. The third-order valence-corrected chi connectivity index (χ3v) is 4.73. The summed E-state index contributed by atoms with van der Waals surface area (Å²) in [6, 6.07) is 0. The lowest BCUT2D eigenvalue weighted by Crippen LogP contribution is -2.41. The van der Waals surface area contributed by atoms with E-state index < -0.39 is 21.4 Å². The monoisotopic (exact) mass is 357 g/mol. The van der Waals surface area contributed by atoms with Crippen molar-refractivity contribution in [2.75, 3.05) is 11.0 Å². The minimum atomic E-state index is -5.49. The molecule has 1 unspecified atom stereocenters. The van der Waals surface area contributed by atoms with E-state index in [1.807, 2.05) is 22.6 Å². The summed E-state index contributed by atoms with van der Waals surface area (Å²) in [5.74, 6) is -1.30. The average molecular weight is 357 g/mol. The minimum absolute atomic E-state index is 0.0731. The number of nitrogens with zero attached hydrogens (tertiary/aromatic N) is 1. The number of sulfonamides is 1. The first kappa shape index (κ1) is 13.0. The van der Waals surface area contributed by atoms with Crippen LogP contribution in [-0.2, 0) is 14.8 Å². The first-order valence-corrected chi connectivity index (χ1v) is 6.84. The highest BCUT2D eigenvalue weighted by molar-refractivity contribution is 14.1. The van der Waals surface area contributed by atoms with Gasteiger partial charge < -0.3 is 0 Å². The van der Waals surface area contributed by atoms with Gasteiger partial charge in [0.15, 0.2) is 0 Å². The maximum atomic E-state index is 12.1. The molecule has 0 saturated carbocycles. The number of amides is 1. The Morgan fingerprint density at radius 2 is 2.00 bits per heavy atom. The first-order chi connectivity index (χ1) is 6.70. The van der Waals surface area contributed by atoms with Crippen molar-refractivity contribution in [3.63, 3.8) is 0 Å². The summed E-state index contributed by atoms with van der Waals surface area (Å²) in [5.41, 5.74) is -5.40. The lowest BCUT2D eigenvalue weighted by molar-refractivity contribution is -0.125. The van der Waals surface area contributed by atoms with E-state index in [0.717, 1.165) is 0 Å². The second-order valence-electron chi connectivity index (χ2n) is 3.10. The first-order valence-electron chi connectivity index (χ1n) is 3.88. The standard InChI is InChI=1S/C6H7F3INO3S/c7-6(8,9)15(13,14)11-3-4(2-10)1-5(11)12/h4H,1-3H2. The number of rotatable bonds is 2. The van der Waals surface area contributed by atoms with Gasteiger partial charge >= 0.3 is 15.5 Å². The maximum Gasteiger partial charge on any atom is 0.516 e. The average Bonchev–Trinajstić information content (AvgIpc) is 2.45. The number of hydrogen-bond acceptors (Lipinski definition) is 3. The number of halogens is 4. The summed E-state index contributed by atoms with van der Waals surface area (Å²) >= 11 is 1.90. The van der Waals surface area contributed by atoms with Crippen LogP contribution in [0.4, 0.5) is 13.2 Å². The molecule has 88 valence electrons. The van der Waals surface area contributed by atoms with Crippen molar-refractivity contribution < 1.29 is 26.4 Å². The van der Waals surface area contributed by atoms with Crippen LogP contribution in [0.5, 0.6) is 0 Å². The Labute approximate surface area is 98.0 Å². The molecule has 4 nitrogen and oxygen atoms in total. The smallest absolute Gasteiger partial charge is 0.274 e. The Balaban J connectivity index is 2.96. The topological polar surface area (TPSA) is 54.5 Å². The highest BCUT2D eigenvalue weighted by Gasteiger charge is 2.53. The fourth-order valence-corrected chi connectivity index (χ4v) is 2.80. The van der Waals surface area contributed by atoms with Gasteiger partial charge in [0, 0.05) is 17.4 Å². The summed E-state index contributed by atoms with van der Waals surface area (Å²) in [7, 11) is -5.49. The van der Waals surface area contributed by atoms with Crippen LogP contribution in [0.1, 0.15) is 6.42 Å². The Morgan fingerprint density at radius 1 is 1.47 bits per heavy atom. The van der Waals surface area contributed by atoms with Gasteiger partial charge in [-0.3, -0.25) is 4.79 Å². The molecule has 0 spiro atoms. The molecule has 1 fully saturated rings. The molecular weight excluding hydrogens is 350 g/mol. The predicted molar refractivity (Wildman–Crippen MR) is 53.7 cm³/mol. The van der Waals surface area contributed by atoms with Gasteiger partial charge in [-0.15, -0.1) is 0 Å². The fraction of sp³-hybridized carbons (Fsp3) is 0.833. The predicted octanol–water partition coefficient (Wildman–Crippen LogP) is 1.12. The van der Waals surface area contributed by atoms with E-state index in [9.17, 15) is 26.4 Å². The van der Waals surface area contributed by atoms with Gasteiger partial charge in [-0.25, -0.2) is 4.31 Å². The van der Waals surface area contributed by atoms with Gasteiger partial charge in [-0.05, 0) is 5.92 Å². The summed E-state index contributed by atoms with van der Waals surface area (Å²) in [5, 5.41) is 0. The molecule has 1 rings (SSSR count). The van der Waals surface area contributed by atoms with E-state index in [0.29, 0.717) is 4.43 Å². The van der Waals surface area contributed by atoms with Crippen molar-refractivity contribution in [1.82, 2.24) is 4.31 Å². The molecule has 1 amide bonds. The Kier molecular flexibility index (Phi) is 3.53. The SMILES string of the molecule is O=C1CC(CI)CN1S(=O)(=O)C(F)(F)F. The maximum absolute atomic E-state index is 12.1. The van der Waals surface area contributed by atoms with Gasteiger partial charge in [-0.2, -0.15) is 21.6 Å². The number of carbonyl (C=O) groups excluding carboxylic acids is 1. The fourth-order valence-electron chi connectivity index (χ4n) is 1.21. The normalized spacial score (nSPS) is 23.6. The highest BCUT2D eigenvalue weighted by atomic mass is 127. The number of alkyl halides is 4. The molecular formula is C6H7F3INO3S. The summed E-state index contributed by atoms with van der Waals surface area (Å²) in [4.78, 5) is 11.1. The molecule has 1 aliphatic heterocycles. The van der Waals surface area contributed by atoms with Crippen LogP contribution in [0.3, 0.4) is 0 Å². The molecule has 15 heavy (non-hydrogen) atoms. The summed E-state index contributed by atoms with van der Waals surface area (Å²) in [6.07, 6.45) is -0.141. The van der Waals surface area contributed by atoms with Crippen molar-refractivity contribution in [3.8, 4) is 0 Å². The van der Waals surface area contributed by atoms with E-state index in [1.54, 1.807) is 0 Å². The van der Waals surface area contributed by atoms with Crippen LogP contribution < -0.4 is 0 Å². The Hall–Kier alpha value is -0.0600. The highest BCUT2D eigenvalue weighted by Crippen LogP contribution is 2.32. The molecule has 1 saturated heterocycles. The van der Waals surface area contributed by atoms with Crippen LogP contribution in [0.2, 0.25) is 0 Å². The third-order valence-electron chi connectivity index (χ3n) is 1.97. The minimum Gasteiger partial charge on any atom is -0.274 e. The van der Waals surface area contributed by atoms with Crippen LogP contribution in [0, 0.1) is 5.92 Å². The van der Waals surface area contributed by atoms with Crippen LogP contribution >= 0.6 is 22.6 Å². The van der Waals surface area contributed by atoms with E-state index in [4.69, 9.17) is 0 Å². The molecule has 1 atom stereocenters. The second kappa shape index (κ2) is 4.07. The van der Waals surface area contributed by atoms with E-state index in [1.165, 1.54) is 0 Å². The molecule has 1 heterocycles. The van der Waals surface area contributed by atoms with Gasteiger partial charge in [0.1, 0.15) is 0 Å². The number of hydrogen-bond donors (Lipinski definition) is 0. The zero-order valence-corrected chi connectivity index (χ0v) is 10.3. The van der Waals surface area contributed by atoms with E-state index in [-0.39, 0.29) is 23.2 Å². The summed E-state index contributed by atoms with van der Waals surface area (Å²) in [6.45, 7) is -0.371. The van der Waals surface area contributed by atoms with Crippen molar-refractivity contribution in [1.29, 1.82) is 0 Å². The molecule has 9 heteroatoms. The molecule has 0 aromatic rings. The Bertz CT molecular complexity index is 366. The van der Waals surface area contributed by atoms with Crippen LogP contribution in [-0.4, -0.2) is 35.1 Å². The van der Waals surface area contributed by atoms with Crippen LogP contribution in [0.25, 0.3) is 0 Å². The van der Waals surface area contributed by atoms with Gasteiger partial charge in [-0.1, -0.05) is 22.6 Å². The third kappa shape index (κ3) is 2.37. The van der Waals surface area contributed by atoms with Crippen molar-refractivity contribution in [2.24, 2.45) is 5.92 Å². The number of carbonyl (C=O) groups is 1. The quantitative estimate of drug-likeness (QED) is 0.550. The molecule has 1 aliphatic rings. The van der Waals surface area contributed by atoms with Crippen molar-refractivity contribution in [2.45, 2.75) is 11.9 Å².